The molecule has 1 aromatic carbocycles. The maximum absolute atomic E-state index is 12.6. The third-order valence-corrected chi connectivity index (χ3v) is 6.47. The summed E-state index contributed by atoms with van der Waals surface area (Å²) >= 11 is 0. The molecule has 1 amide bonds. The summed E-state index contributed by atoms with van der Waals surface area (Å²) in [6.45, 7) is 0.442. The highest BCUT2D eigenvalue weighted by Crippen LogP contribution is 2.37. The molecule has 2 aliphatic rings. The maximum Gasteiger partial charge on any atom is 0.379 e. The largest absolute Gasteiger partial charge is 0.420 e. The zero-order valence-electron chi connectivity index (χ0n) is 18.9. The topological polar surface area (TPSA) is 140 Å². The van der Waals surface area contributed by atoms with E-state index >= 15 is 0 Å². The van der Waals surface area contributed by atoms with Crippen LogP contribution in [-0.2, 0) is 4.79 Å². The number of nitrogens with zero attached hydrogens (tertiary/aromatic N) is 3. The van der Waals surface area contributed by atoms with Crippen molar-refractivity contribution in [2.24, 2.45) is 0 Å². The standard InChI is InChI=1S/C25H28N4O5/c26-13-19-14-27-23(28-19)25(33)34-22-7-6-18(12-20(22)17-4-2-1-3-5-17)16-8-10-29(11-9-16)24(32)21(31)15-30/h4,6-7,12,14,16,21,30-31H,1-3,5,8-11,15H2,(H,27,28)/t21-/m1/s1. The molecule has 1 aliphatic heterocycles. The average molecular weight is 465 g/mol. The van der Waals surface area contributed by atoms with Crippen LogP contribution in [0.5, 0.6) is 5.75 Å². The molecule has 9 nitrogen and oxygen atoms in total. The minimum Gasteiger partial charge on any atom is -0.420 e. The Morgan fingerprint density at radius 1 is 1.29 bits per heavy atom. The summed E-state index contributed by atoms with van der Waals surface area (Å²) in [5.74, 6) is -0.428. The lowest BCUT2D eigenvalue weighted by Gasteiger charge is -2.33. The van der Waals surface area contributed by atoms with E-state index in [4.69, 9.17) is 15.1 Å². The van der Waals surface area contributed by atoms with Crippen molar-refractivity contribution >= 4 is 17.4 Å². The van der Waals surface area contributed by atoms with E-state index in [1.54, 1.807) is 11.0 Å². The molecule has 0 spiro atoms. The van der Waals surface area contributed by atoms with Crippen LogP contribution in [0.1, 0.15) is 71.9 Å². The van der Waals surface area contributed by atoms with Crippen LogP contribution in [0.3, 0.4) is 0 Å². The predicted molar refractivity (Wildman–Crippen MR) is 123 cm³/mol. The third-order valence-electron chi connectivity index (χ3n) is 6.47. The molecule has 1 aromatic heterocycles. The monoisotopic (exact) mass is 464 g/mol. The quantitative estimate of drug-likeness (QED) is 0.441. The van der Waals surface area contributed by atoms with Gasteiger partial charge in [-0.25, -0.2) is 9.78 Å². The first-order chi connectivity index (χ1) is 16.5. The fourth-order valence-corrected chi connectivity index (χ4v) is 4.58. The number of rotatable bonds is 6. The van der Waals surface area contributed by atoms with Crippen molar-refractivity contribution < 1.29 is 24.5 Å². The van der Waals surface area contributed by atoms with Crippen LogP contribution in [0.4, 0.5) is 0 Å². The average Bonchev–Trinajstić information content (AvgIpc) is 3.38. The Bertz CT molecular complexity index is 1120. The van der Waals surface area contributed by atoms with Crippen LogP contribution in [-0.4, -0.2) is 62.8 Å². The normalized spacial score (nSPS) is 17.6. The van der Waals surface area contributed by atoms with E-state index in [2.05, 4.69) is 22.1 Å². The van der Waals surface area contributed by atoms with E-state index in [0.29, 0.717) is 18.8 Å². The molecule has 0 unspecified atom stereocenters. The predicted octanol–water partition coefficient (Wildman–Crippen LogP) is 2.52. The number of carbonyl (C=O) groups excluding carboxylic acids is 2. The van der Waals surface area contributed by atoms with Gasteiger partial charge in [0.15, 0.2) is 6.10 Å². The van der Waals surface area contributed by atoms with E-state index in [0.717, 1.165) is 55.2 Å². The number of H-pyrrole nitrogens is 1. The van der Waals surface area contributed by atoms with Crippen LogP contribution in [0.15, 0.2) is 30.5 Å². The Kier molecular flexibility index (Phi) is 7.40. The second-order valence-electron chi connectivity index (χ2n) is 8.68. The molecular formula is C25H28N4O5. The Hall–Kier alpha value is -3.48. The number of esters is 1. The highest BCUT2D eigenvalue weighted by atomic mass is 16.5. The van der Waals surface area contributed by atoms with Crippen LogP contribution >= 0.6 is 0 Å². The van der Waals surface area contributed by atoms with Crippen LogP contribution in [0.2, 0.25) is 0 Å². The van der Waals surface area contributed by atoms with E-state index in [9.17, 15) is 14.7 Å². The van der Waals surface area contributed by atoms with Crippen LogP contribution < -0.4 is 4.74 Å². The summed E-state index contributed by atoms with van der Waals surface area (Å²) in [6, 6.07) is 7.74. The molecule has 2 heterocycles. The molecule has 0 bridgehead atoms. The van der Waals surface area contributed by atoms with Crippen LogP contribution in [0.25, 0.3) is 5.57 Å². The number of aliphatic hydroxyl groups excluding tert-OH is 2. The van der Waals surface area contributed by atoms with Crippen molar-refractivity contribution in [3.05, 3.63) is 53.1 Å². The van der Waals surface area contributed by atoms with Gasteiger partial charge in [-0.2, -0.15) is 5.26 Å². The minimum atomic E-state index is -1.37. The number of nitrogens with one attached hydrogen (secondary N) is 1. The summed E-state index contributed by atoms with van der Waals surface area (Å²) in [5.41, 5.74) is 3.33. The lowest BCUT2D eigenvalue weighted by Crippen LogP contribution is -2.44. The maximum atomic E-state index is 12.6. The van der Waals surface area contributed by atoms with E-state index < -0.39 is 24.6 Å². The summed E-state index contributed by atoms with van der Waals surface area (Å²) in [4.78, 5) is 32.9. The number of carbonyl (C=O) groups is 2. The van der Waals surface area contributed by atoms with Gasteiger partial charge in [-0.05, 0) is 67.7 Å². The Labute approximate surface area is 197 Å². The van der Waals surface area contributed by atoms with Gasteiger partial charge in [0, 0.05) is 18.7 Å². The first-order valence-corrected chi connectivity index (χ1v) is 11.6. The molecular weight excluding hydrogens is 436 g/mol. The number of allylic oxidation sites excluding steroid dienone is 2. The van der Waals surface area contributed by atoms with Crippen molar-refractivity contribution in [1.82, 2.24) is 14.9 Å². The summed E-state index contributed by atoms with van der Waals surface area (Å²) in [6.07, 6.45) is 7.68. The minimum absolute atomic E-state index is 0.0219. The van der Waals surface area contributed by atoms with Gasteiger partial charge in [-0.1, -0.05) is 12.1 Å². The number of likely N-dealkylation sites (tertiary alicyclic amines) is 1. The summed E-state index contributed by atoms with van der Waals surface area (Å²) in [5, 5.41) is 27.6. The van der Waals surface area contributed by atoms with E-state index in [1.807, 2.05) is 12.1 Å². The number of aromatic amines is 1. The number of ether oxygens (including phenoxy) is 1. The number of imidazole rings is 1. The molecule has 1 fully saturated rings. The zero-order chi connectivity index (χ0) is 24.1. The van der Waals surface area contributed by atoms with Crippen LogP contribution in [0, 0.1) is 11.3 Å². The lowest BCUT2D eigenvalue weighted by molar-refractivity contribution is -0.143. The summed E-state index contributed by atoms with van der Waals surface area (Å²) < 4.78 is 5.68. The fraction of sp³-hybridized carbons (Fsp3) is 0.440. The van der Waals surface area contributed by atoms with Gasteiger partial charge in [-0.3, -0.25) is 4.79 Å². The van der Waals surface area contributed by atoms with E-state index in [1.165, 1.54) is 6.20 Å². The number of hydrogen-bond acceptors (Lipinski definition) is 7. The van der Waals surface area contributed by atoms with Gasteiger partial charge in [0.2, 0.25) is 5.82 Å². The van der Waals surface area contributed by atoms with Gasteiger partial charge in [0.05, 0.1) is 12.8 Å². The molecule has 1 saturated heterocycles. The number of nitriles is 1. The number of aliphatic hydroxyl groups is 2. The van der Waals surface area contributed by atoms with Crippen molar-refractivity contribution in [2.45, 2.75) is 50.5 Å². The Morgan fingerprint density at radius 2 is 2.09 bits per heavy atom. The first-order valence-electron chi connectivity index (χ1n) is 11.6. The van der Waals surface area contributed by atoms with Gasteiger partial charge < -0.3 is 24.8 Å². The molecule has 178 valence electrons. The summed E-state index contributed by atoms with van der Waals surface area (Å²) in [7, 11) is 0. The van der Waals surface area contributed by atoms with Gasteiger partial charge in [-0.15, -0.1) is 0 Å². The van der Waals surface area contributed by atoms with Crippen molar-refractivity contribution in [1.29, 1.82) is 5.26 Å². The van der Waals surface area contributed by atoms with Gasteiger partial charge in [0.25, 0.3) is 5.91 Å². The molecule has 1 aliphatic carbocycles. The highest BCUT2D eigenvalue weighted by molar-refractivity contribution is 5.88. The Balaban J connectivity index is 1.54. The zero-order valence-corrected chi connectivity index (χ0v) is 18.9. The number of piperidine rings is 1. The van der Waals surface area contributed by atoms with Crippen molar-refractivity contribution in [3.8, 4) is 11.8 Å². The van der Waals surface area contributed by atoms with Gasteiger partial charge in [0.1, 0.15) is 17.5 Å². The SMILES string of the molecule is N#Cc1cnc(C(=O)Oc2ccc(C3CCN(C(=O)[C@H](O)CO)CC3)cc2C2=CCCCC2)[nH]1. The second-order valence-corrected chi connectivity index (χ2v) is 8.68. The number of amides is 1. The molecule has 1 atom stereocenters. The lowest BCUT2D eigenvalue weighted by atomic mass is 9.85. The fourth-order valence-electron chi connectivity index (χ4n) is 4.58. The molecule has 3 N–H and O–H groups in total. The molecule has 34 heavy (non-hydrogen) atoms. The Morgan fingerprint density at radius 3 is 2.74 bits per heavy atom. The second kappa shape index (κ2) is 10.6. The van der Waals surface area contributed by atoms with Crippen molar-refractivity contribution in [3.63, 3.8) is 0 Å². The van der Waals surface area contributed by atoms with Gasteiger partial charge >= 0.3 is 5.97 Å². The smallest absolute Gasteiger partial charge is 0.379 e. The first kappa shape index (κ1) is 23.7. The van der Waals surface area contributed by atoms with E-state index in [-0.39, 0.29) is 17.4 Å². The van der Waals surface area contributed by atoms with Crippen molar-refractivity contribution in [2.75, 3.05) is 19.7 Å². The molecule has 0 saturated carbocycles. The number of aromatic nitrogens is 2. The highest BCUT2D eigenvalue weighted by Gasteiger charge is 2.28. The molecule has 9 heteroatoms. The molecule has 0 radical (unpaired) electrons. The molecule has 4 rings (SSSR count). The third kappa shape index (κ3) is 5.19. The number of hydrogen-bond donors (Lipinski definition) is 3. The molecule has 2 aromatic rings. The number of benzene rings is 1.